The maximum atomic E-state index is 10.2. The topological polar surface area (TPSA) is 117 Å². The van der Waals surface area contributed by atoms with Crippen molar-refractivity contribution in [2.45, 2.75) is 5.92 Å². The Morgan fingerprint density at radius 2 is 1.97 bits per heavy atom. The van der Waals surface area contributed by atoms with Crippen molar-refractivity contribution in [1.82, 2.24) is 20.5 Å². The highest BCUT2D eigenvalue weighted by atomic mass is 16.6. The normalized spacial score (nSPS) is 18.5. The van der Waals surface area contributed by atoms with Gasteiger partial charge < -0.3 is 4.42 Å². The van der Waals surface area contributed by atoms with Crippen molar-refractivity contribution in [3.8, 4) is 6.07 Å². The van der Waals surface area contributed by atoms with Crippen LogP contribution in [0.3, 0.4) is 0 Å². The van der Waals surface area contributed by atoms with E-state index >= 15 is 0 Å². The van der Waals surface area contributed by atoms with Gasteiger partial charge in [0.05, 0.1) is 12.3 Å². The maximum absolute atomic E-state index is 10.2. The van der Waals surface area contributed by atoms with Crippen molar-refractivity contribution < 1.29 is 9.05 Å². The zero-order valence-corrected chi connectivity index (χ0v) is 14.9. The minimum atomic E-state index is -0.594. The Labute approximate surface area is 163 Å². The van der Waals surface area contributed by atoms with Crippen LogP contribution in [0.25, 0.3) is 22.0 Å². The number of hydrogen-bond acceptors (Lipinski definition) is 7. The average molecular weight is 380 g/mol. The Hall–Kier alpha value is -4.25. The molecule has 5 aromatic rings. The molecule has 0 saturated carbocycles. The fourth-order valence-electron chi connectivity index (χ4n) is 4.01. The van der Waals surface area contributed by atoms with Crippen LogP contribution in [0.4, 0.5) is 5.82 Å². The van der Waals surface area contributed by atoms with Crippen LogP contribution in [0.15, 0.2) is 68.8 Å². The van der Waals surface area contributed by atoms with Crippen LogP contribution >= 0.6 is 0 Å². The van der Waals surface area contributed by atoms with E-state index in [4.69, 9.17) is 9.05 Å². The second-order valence-corrected chi connectivity index (χ2v) is 6.88. The van der Waals surface area contributed by atoms with Gasteiger partial charge in [-0.1, -0.05) is 30.3 Å². The number of aliphatic imine (C=N–C) groups is 1. The summed E-state index contributed by atoms with van der Waals surface area (Å²) in [6, 6.07) is 17.7. The van der Waals surface area contributed by atoms with Crippen LogP contribution in [0.2, 0.25) is 0 Å². The number of fused-ring (bicyclic) bond motifs is 3. The summed E-state index contributed by atoms with van der Waals surface area (Å²) in [5.74, 6) is 0.229. The first-order valence-electron chi connectivity index (χ1n) is 9.05. The van der Waals surface area contributed by atoms with E-state index in [0.29, 0.717) is 28.3 Å². The Morgan fingerprint density at radius 3 is 2.86 bits per heavy atom. The van der Waals surface area contributed by atoms with Gasteiger partial charge in [0.1, 0.15) is 28.2 Å². The summed E-state index contributed by atoms with van der Waals surface area (Å²) < 4.78 is 11.0. The van der Waals surface area contributed by atoms with Gasteiger partial charge in [-0.25, -0.2) is 9.62 Å². The molecule has 2 atom stereocenters. The molecule has 2 unspecified atom stereocenters. The van der Waals surface area contributed by atoms with Gasteiger partial charge >= 0.3 is 0 Å². The molecule has 29 heavy (non-hydrogen) atoms. The molecule has 0 saturated heterocycles. The van der Waals surface area contributed by atoms with E-state index in [9.17, 15) is 5.26 Å². The number of aromatic amines is 1. The van der Waals surface area contributed by atoms with E-state index in [1.165, 1.54) is 0 Å². The van der Waals surface area contributed by atoms with Crippen molar-refractivity contribution in [1.29, 1.82) is 5.26 Å². The second kappa shape index (κ2) is 5.87. The van der Waals surface area contributed by atoms with Gasteiger partial charge in [-0.2, -0.15) is 10.4 Å². The molecule has 6 rings (SSSR count). The molecule has 0 fully saturated rings. The van der Waals surface area contributed by atoms with Crippen LogP contribution in [0.5, 0.6) is 0 Å². The molecule has 0 spiro atoms. The smallest absolute Gasteiger partial charge is 0.152 e. The molecule has 0 amide bonds. The molecule has 0 radical (unpaired) electrons. The number of benzene rings is 2. The third kappa shape index (κ3) is 2.24. The highest BCUT2D eigenvalue weighted by Gasteiger charge is 2.39. The Balaban J connectivity index is 1.59. The average Bonchev–Trinajstić information content (AvgIpc) is 3.50. The minimum absolute atomic E-state index is 0.343. The summed E-state index contributed by atoms with van der Waals surface area (Å²) in [5, 5.41) is 26.2. The number of H-pyrrole nitrogens is 1. The van der Waals surface area contributed by atoms with E-state index in [0.717, 1.165) is 22.1 Å². The summed E-state index contributed by atoms with van der Waals surface area (Å²) in [6.07, 6.45) is 1.70. The quantitative estimate of drug-likeness (QED) is 0.493. The first kappa shape index (κ1) is 15.8. The monoisotopic (exact) mass is 380 g/mol. The van der Waals surface area contributed by atoms with Crippen LogP contribution in [-0.2, 0) is 0 Å². The number of rotatable bonds is 2. The summed E-state index contributed by atoms with van der Waals surface area (Å²) in [5.41, 5.74) is 4.22. The van der Waals surface area contributed by atoms with E-state index in [-0.39, 0.29) is 5.92 Å². The fourth-order valence-corrected chi connectivity index (χ4v) is 4.01. The van der Waals surface area contributed by atoms with Crippen molar-refractivity contribution in [3.63, 3.8) is 0 Å². The van der Waals surface area contributed by atoms with E-state index in [2.05, 4.69) is 31.6 Å². The summed E-state index contributed by atoms with van der Waals surface area (Å²) in [4.78, 5) is 4.69. The molecule has 1 N–H and O–H groups in total. The molecule has 1 aliphatic rings. The third-order valence-electron chi connectivity index (χ3n) is 5.31. The number of aromatic nitrogens is 4. The highest BCUT2D eigenvalue weighted by Crippen LogP contribution is 2.44. The number of nitrogens with one attached hydrogen (secondary N) is 1. The van der Waals surface area contributed by atoms with Crippen molar-refractivity contribution >= 4 is 33.5 Å². The van der Waals surface area contributed by atoms with Gasteiger partial charge in [-0.3, -0.25) is 5.10 Å². The first-order valence-corrected chi connectivity index (χ1v) is 9.05. The van der Waals surface area contributed by atoms with Gasteiger partial charge in [-0.15, -0.1) is 0 Å². The summed E-state index contributed by atoms with van der Waals surface area (Å²) in [7, 11) is 0. The Morgan fingerprint density at radius 1 is 1.03 bits per heavy atom. The summed E-state index contributed by atoms with van der Waals surface area (Å²) >= 11 is 0. The number of hydrogen-bond donors (Lipinski definition) is 1. The molecule has 8 heteroatoms. The second-order valence-electron chi connectivity index (χ2n) is 6.88. The molecule has 1 aliphatic heterocycles. The molecule has 138 valence electrons. The number of nitrogens with zero attached hydrogens (tertiary/aromatic N) is 5. The predicted molar refractivity (Wildman–Crippen MR) is 104 cm³/mol. The third-order valence-corrected chi connectivity index (χ3v) is 5.31. The molecule has 8 nitrogen and oxygen atoms in total. The van der Waals surface area contributed by atoms with Crippen molar-refractivity contribution in [2.75, 3.05) is 0 Å². The van der Waals surface area contributed by atoms with Gasteiger partial charge in [0.25, 0.3) is 0 Å². The molecule has 2 aromatic carbocycles. The van der Waals surface area contributed by atoms with Crippen LogP contribution in [0, 0.1) is 17.2 Å². The Kier molecular flexibility index (Phi) is 3.19. The fraction of sp³-hybridized carbons (Fsp3) is 0.0952. The molecule has 0 aliphatic carbocycles. The molecular weight excluding hydrogens is 368 g/mol. The lowest BCUT2D eigenvalue weighted by Gasteiger charge is -2.26. The minimum Gasteiger partial charge on any atom is -0.455 e. The van der Waals surface area contributed by atoms with Crippen LogP contribution in [0.1, 0.15) is 22.8 Å². The number of para-hydroxylation sites is 1. The molecule has 4 heterocycles. The van der Waals surface area contributed by atoms with Gasteiger partial charge in [0, 0.05) is 16.9 Å². The van der Waals surface area contributed by atoms with Gasteiger partial charge in [0.15, 0.2) is 11.6 Å². The van der Waals surface area contributed by atoms with Crippen LogP contribution < -0.4 is 0 Å². The lowest BCUT2D eigenvalue weighted by molar-refractivity contribution is 0.315. The highest BCUT2D eigenvalue weighted by molar-refractivity contribution is 6.07. The first-order chi connectivity index (χ1) is 14.3. The lowest BCUT2D eigenvalue weighted by Crippen LogP contribution is -2.25. The maximum Gasteiger partial charge on any atom is 0.152 e. The molecular formula is C21H12N6O2. The van der Waals surface area contributed by atoms with Gasteiger partial charge in [-0.05, 0) is 34.1 Å². The van der Waals surface area contributed by atoms with Crippen LogP contribution in [-0.4, -0.2) is 26.2 Å². The van der Waals surface area contributed by atoms with E-state index in [1.807, 2.05) is 48.5 Å². The standard InChI is InChI=1S/C21H12N6O2/c22-9-13-18(12-5-3-6-15-19(12)27-29-26-15)14-10-23-25-21(14)24-20(13)17-8-11-4-1-2-7-16(11)28-17/h1-8,10,13,18H,(H,23,25). The zero-order chi connectivity index (χ0) is 19.4. The van der Waals surface area contributed by atoms with E-state index < -0.39 is 5.92 Å². The number of furan rings is 1. The largest absolute Gasteiger partial charge is 0.455 e. The zero-order valence-electron chi connectivity index (χ0n) is 14.9. The van der Waals surface area contributed by atoms with Crippen molar-refractivity contribution in [2.24, 2.45) is 10.9 Å². The molecule has 3 aromatic heterocycles. The Bertz CT molecular complexity index is 1420. The molecule has 0 bridgehead atoms. The van der Waals surface area contributed by atoms with E-state index in [1.54, 1.807) is 6.20 Å². The van der Waals surface area contributed by atoms with Gasteiger partial charge in [0.2, 0.25) is 0 Å². The lowest BCUT2D eigenvalue weighted by atomic mass is 9.77. The SMILES string of the molecule is N#CC1C(c2cc3ccccc3o2)=Nc2[nH]ncc2C1c1cccc2nonc12. The summed E-state index contributed by atoms with van der Waals surface area (Å²) in [6.45, 7) is 0. The van der Waals surface area contributed by atoms with Crippen molar-refractivity contribution in [3.05, 3.63) is 71.6 Å². The predicted octanol–water partition coefficient (Wildman–Crippen LogP) is 4.10. The number of nitriles is 1.